The number of hydrogen-bond acceptors (Lipinski definition) is 3. The van der Waals surface area contributed by atoms with Crippen LogP contribution in [0.2, 0.25) is 0 Å². The molecule has 1 aromatic carbocycles. The molecule has 1 atom stereocenters. The Hall–Kier alpha value is -1.32. The number of aromatic nitrogens is 1. The van der Waals surface area contributed by atoms with Crippen LogP contribution in [0.25, 0.3) is 0 Å². The molecule has 1 aromatic heterocycles. The van der Waals surface area contributed by atoms with Crippen LogP contribution in [0.4, 0.5) is 0 Å². The number of rotatable bonds is 3. The van der Waals surface area contributed by atoms with E-state index in [-0.39, 0.29) is 6.04 Å². The van der Waals surface area contributed by atoms with E-state index in [1.807, 2.05) is 25.3 Å². The van der Waals surface area contributed by atoms with Crippen molar-refractivity contribution < 1.29 is 0 Å². The van der Waals surface area contributed by atoms with E-state index < -0.39 is 0 Å². The summed E-state index contributed by atoms with van der Waals surface area (Å²) in [6.07, 6.45) is 1.81. The summed E-state index contributed by atoms with van der Waals surface area (Å²) in [4.78, 5) is 5.59. The molecule has 0 saturated carbocycles. The maximum absolute atomic E-state index is 5.94. The molecule has 0 fully saturated rings. The van der Waals surface area contributed by atoms with Gasteiger partial charge in [-0.05, 0) is 32.0 Å². The van der Waals surface area contributed by atoms with Crippen LogP contribution < -0.4 is 5.73 Å². The first kappa shape index (κ1) is 12.1. The van der Waals surface area contributed by atoms with Gasteiger partial charge in [0.1, 0.15) is 5.03 Å². The van der Waals surface area contributed by atoms with Crippen molar-refractivity contribution in [3.63, 3.8) is 0 Å². The topological polar surface area (TPSA) is 38.9 Å². The molecule has 0 radical (unpaired) electrons. The Labute approximate surface area is 106 Å². The molecule has 1 unspecified atom stereocenters. The molecule has 0 aliphatic carbocycles. The van der Waals surface area contributed by atoms with Gasteiger partial charge in [-0.1, -0.05) is 35.5 Å². The smallest absolute Gasteiger partial charge is 0.105 e. The number of aryl methyl sites for hydroxylation is 1. The van der Waals surface area contributed by atoms with E-state index in [0.717, 1.165) is 10.6 Å². The summed E-state index contributed by atoms with van der Waals surface area (Å²) < 4.78 is 0. The summed E-state index contributed by atoms with van der Waals surface area (Å²) in [5, 5.41) is 0.992. The van der Waals surface area contributed by atoms with Gasteiger partial charge in [-0.15, -0.1) is 0 Å². The fourth-order valence-electron chi connectivity index (χ4n) is 1.55. The van der Waals surface area contributed by atoms with Crippen LogP contribution in [-0.2, 0) is 0 Å². The minimum atomic E-state index is 0.0108. The highest BCUT2D eigenvalue weighted by molar-refractivity contribution is 7.99. The van der Waals surface area contributed by atoms with Crippen molar-refractivity contribution in [3.05, 3.63) is 53.7 Å². The van der Waals surface area contributed by atoms with Crippen molar-refractivity contribution in [2.24, 2.45) is 5.73 Å². The first-order valence-electron chi connectivity index (χ1n) is 5.62. The second-order valence-corrected chi connectivity index (χ2v) is 5.16. The van der Waals surface area contributed by atoms with Gasteiger partial charge in [0, 0.05) is 22.7 Å². The van der Waals surface area contributed by atoms with Gasteiger partial charge >= 0.3 is 0 Å². The van der Waals surface area contributed by atoms with Crippen molar-refractivity contribution in [3.8, 4) is 0 Å². The van der Waals surface area contributed by atoms with Gasteiger partial charge < -0.3 is 5.73 Å². The SMILES string of the molecule is Cc1ccc(Sc2ncccc2C(C)N)cc1. The van der Waals surface area contributed by atoms with E-state index in [1.54, 1.807) is 11.8 Å². The molecule has 0 saturated heterocycles. The van der Waals surface area contributed by atoms with Crippen molar-refractivity contribution >= 4 is 11.8 Å². The van der Waals surface area contributed by atoms with E-state index in [1.165, 1.54) is 10.5 Å². The van der Waals surface area contributed by atoms with Gasteiger partial charge in [-0.3, -0.25) is 0 Å². The lowest BCUT2D eigenvalue weighted by molar-refractivity contribution is 0.779. The molecule has 0 amide bonds. The third-order valence-electron chi connectivity index (χ3n) is 2.53. The molecular weight excluding hydrogens is 228 g/mol. The summed E-state index contributed by atoms with van der Waals surface area (Å²) in [6, 6.07) is 12.4. The van der Waals surface area contributed by atoms with E-state index in [4.69, 9.17) is 5.73 Å². The van der Waals surface area contributed by atoms with Gasteiger partial charge in [0.15, 0.2) is 0 Å². The second kappa shape index (κ2) is 5.34. The standard InChI is InChI=1S/C14H16N2S/c1-10-5-7-12(8-6-10)17-14-13(11(2)15)4-3-9-16-14/h3-9,11H,15H2,1-2H3. The molecule has 0 spiro atoms. The molecular formula is C14H16N2S. The van der Waals surface area contributed by atoms with Gasteiger partial charge in [0.25, 0.3) is 0 Å². The van der Waals surface area contributed by atoms with Crippen molar-refractivity contribution in [1.29, 1.82) is 0 Å². The van der Waals surface area contributed by atoms with Gasteiger partial charge in [-0.25, -0.2) is 4.98 Å². The molecule has 2 aromatic rings. The highest BCUT2D eigenvalue weighted by Gasteiger charge is 2.08. The zero-order chi connectivity index (χ0) is 12.3. The summed E-state index contributed by atoms with van der Waals surface area (Å²) in [7, 11) is 0. The van der Waals surface area contributed by atoms with Crippen molar-refractivity contribution in [1.82, 2.24) is 4.98 Å². The van der Waals surface area contributed by atoms with Crippen LogP contribution in [0.5, 0.6) is 0 Å². The predicted molar refractivity (Wildman–Crippen MR) is 72.1 cm³/mol. The van der Waals surface area contributed by atoms with E-state index >= 15 is 0 Å². The molecule has 2 nitrogen and oxygen atoms in total. The van der Waals surface area contributed by atoms with E-state index in [2.05, 4.69) is 36.2 Å². The Balaban J connectivity index is 2.26. The Morgan fingerprint density at radius 1 is 1.18 bits per heavy atom. The van der Waals surface area contributed by atoms with Crippen LogP contribution >= 0.6 is 11.8 Å². The monoisotopic (exact) mass is 244 g/mol. The summed E-state index contributed by atoms with van der Waals surface area (Å²) in [5.41, 5.74) is 8.30. The third-order valence-corrected chi connectivity index (χ3v) is 3.57. The minimum absolute atomic E-state index is 0.0108. The first-order chi connectivity index (χ1) is 8.16. The lowest BCUT2D eigenvalue weighted by Crippen LogP contribution is -2.07. The van der Waals surface area contributed by atoms with Crippen molar-refractivity contribution in [2.45, 2.75) is 29.8 Å². The molecule has 0 aliphatic rings. The largest absolute Gasteiger partial charge is 0.324 e. The van der Waals surface area contributed by atoms with E-state index in [9.17, 15) is 0 Å². The minimum Gasteiger partial charge on any atom is -0.324 e. The summed E-state index contributed by atoms with van der Waals surface area (Å²) in [6.45, 7) is 4.07. The number of nitrogens with zero attached hydrogens (tertiary/aromatic N) is 1. The molecule has 2 N–H and O–H groups in total. The molecule has 0 aliphatic heterocycles. The zero-order valence-corrected chi connectivity index (χ0v) is 10.9. The molecule has 3 heteroatoms. The van der Waals surface area contributed by atoms with Crippen molar-refractivity contribution in [2.75, 3.05) is 0 Å². The van der Waals surface area contributed by atoms with Crippen LogP contribution in [0.3, 0.4) is 0 Å². The van der Waals surface area contributed by atoms with Crippen LogP contribution in [0, 0.1) is 6.92 Å². The number of benzene rings is 1. The number of pyridine rings is 1. The molecule has 1 heterocycles. The normalized spacial score (nSPS) is 12.4. The maximum Gasteiger partial charge on any atom is 0.105 e. The number of hydrogen-bond donors (Lipinski definition) is 1. The zero-order valence-electron chi connectivity index (χ0n) is 10.1. The van der Waals surface area contributed by atoms with E-state index in [0.29, 0.717) is 0 Å². The number of nitrogens with two attached hydrogens (primary N) is 1. The Morgan fingerprint density at radius 2 is 1.88 bits per heavy atom. The Morgan fingerprint density at radius 3 is 2.53 bits per heavy atom. The van der Waals surface area contributed by atoms with Crippen LogP contribution in [-0.4, -0.2) is 4.98 Å². The van der Waals surface area contributed by atoms with Gasteiger partial charge in [0.2, 0.25) is 0 Å². The fourth-order valence-corrected chi connectivity index (χ4v) is 2.53. The van der Waals surface area contributed by atoms with Gasteiger partial charge in [-0.2, -0.15) is 0 Å². The summed E-state index contributed by atoms with van der Waals surface area (Å²) in [5.74, 6) is 0. The second-order valence-electron chi connectivity index (χ2n) is 4.10. The molecule has 2 rings (SSSR count). The molecule has 0 bridgehead atoms. The average Bonchev–Trinajstić information content (AvgIpc) is 2.32. The quantitative estimate of drug-likeness (QED) is 0.897. The lowest BCUT2D eigenvalue weighted by Gasteiger charge is -2.10. The third kappa shape index (κ3) is 3.08. The fraction of sp³-hybridized carbons (Fsp3) is 0.214. The first-order valence-corrected chi connectivity index (χ1v) is 6.43. The lowest BCUT2D eigenvalue weighted by atomic mass is 10.2. The van der Waals surface area contributed by atoms with Gasteiger partial charge in [0.05, 0.1) is 0 Å². The van der Waals surface area contributed by atoms with Crippen LogP contribution in [0.1, 0.15) is 24.1 Å². The Bertz CT molecular complexity index is 492. The maximum atomic E-state index is 5.94. The highest BCUT2D eigenvalue weighted by atomic mass is 32.2. The highest BCUT2D eigenvalue weighted by Crippen LogP contribution is 2.30. The predicted octanol–water partition coefficient (Wildman–Crippen LogP) is 3.56. The average molecular weight is 244 g/mol. The molecule has 88 valence electrons. The van der Waals surface area contributed by atoms with Crippen LogP contribution in [0.15, 0.2) is 52.5 Å². The molecule has 17 heavy (non-hydrogen) atoms. The Kier molecular flexibility index (Phi) is 3.82. The summed E-state index contributed by atoms with van der Waals surface area (Å²) >= 11 is 1.66.